The second-order valence-corrected chi connectivity index (χ2v) is 5.45. The first kappa shape index (κ1) is 13.1. The molecule has 1 aromatic heterocycles. The number of benzene rings is 1. The topological polar surface area (TPSA) is 55.0 Å². The Kier molecular flexibility index (Phi) is 3.40. The van der Waals surface area contributed by atoms with E-state index in [0.717, 1.165) is 30.2 Å². The summed E-state index contributed by atoms with van der Waals surface area (Å²) < 4.78 is 0. The van der Waals surface area contributed by atoms with Crippen LogP contribution in [0, 0.1) is 0 Å². The number of nitrogens with zero attached hydrogens (tertiary/aromatic N) is 3. The zero-order valence-corrected chi connectivity index (χ0v) is 12.0. The van der Waals surface area contributed by atoms with Crippen LogP contribution in [0.15, 0.2) is 30.5 Å². The Labute approximate surface area is 119 Å². The van der Waals surface area contributed by atoms with E-state index in [0.29, 0.717) is 12.5 Å². The molecule has 0 atom stereocenters. The van der Waals surface area contributed by atoms with Gasteiger partial charge in [0.05, 0.1) is 17.6 Å². The molecule has 2 N–H and O–H groups in total. The highest BCUT2D eigenvalue weighted by Crippen LogP contribution is 2.35. The molecule has 1 aromatic carbocycles. The summed E-state index contributed by atoms with van der Waals surface area (Å²) in [6.07, 6.45) is 2.98. The SMILES string of the molecule is CC(C)c1ncc(N2CCc3ccccc32)c(CN)n1. The Hall–Kier alpha value is -1.94. The van der Waals surface area contributed by atoms with E-state index in [4.69, 9.17) is 5.73 Å². The molecule has 0 aliphatic carbocycles. The van der Waals surface area contributed by atoms with E-state index < -0.39 is 0 Å². The number of hydrogen-bond donors (Lipinski definition) is 1. The summed E-state index contributed by atoms with van der Waals surface area (Å²) in [5, 5.41) is 0. The lowest BCUT2D eigenvalue weighted by Gasteiger charge is -2.22. The largest absolute Gasteiger partial charge is 0.338 e. The number of aromatic nitrogens is 2. The highest BCUT2D eigenvalue weighted by Gasteiger charge is 2.23. The standard InChI is InChI=1S/C16H20N4/c1-11(2)16-18-10-15(13(9-17)19-16)20-8-7-12-5-3-4-6-14(12)20/h3-6,10-11H,7-9,17H2,1-2H3. The van der Waals surface area contributed by atoms with Crippen LogP contribution < -0.4 is 10.6 Å². The summed E-state index contributed by atoms with van der Waals surface area (Å²) in [7, 11) is 0. The molecule has 4 heteroatoms. The number of para-hydroxylation sites is 1. The van der Waals surface area contributed by atoms with Crippen molar-refractivity contribution in [1.82, 2.24) is 9.97 Å². The molecule has 0 amide bonds. The maximum absolute atomic E-state index is 5.89. The van der Waals surface area contributed by atoms with E-state index >= 15 is 0 Å². The van der Waals surface area contributed by atoms with Crippen molar-refractivity contribution < 1.29 is 0 Å². The van der Waals surface area contributed by atoms with E-state index in [1.165, 1.54) is 11.3 Å². The summed E-state index contributed by atoms with van der Waals surface area (Å²) in [6, 6.07) is 8.49. The average molecular weight is 268 g/mol. The third-order valence-corrected chi connectivity index (χ3v) is 3.75. The molecule has 2 heterocycles. The van der Waals surface area contributed by atoms with Crippen LogP contribution in [0.1, 0.15) is 36.8 Å². The molecule has 0 unspecified atom stereocenters. The molecule has 0 spiro atoms. The van der Waals surface area contributed by atoms with Gasteiger partial charge in [0.15, 0.2) is 0 Å². The van der Waals surface area contributed by atoms with E-state index in [1.807, 2.05) is 6.20 Å². The minimum atomic E-state index is 0.320. The van der Waals surface area contributed by atoms with Crippen molar-refractivity contribution in [2.24, 2.45) is 5.73 Å². The fourth-order valence-electron chi connectivity index (χ4n) is 2.67. The van der Waals surface area contributed by atoms with Crippen LogP contribution in [0.2, 0.25) is 0 Å². The van der Waals surface area contributed by atoms with Crippen molar-refractivity contribution in [3.63, 3.8) is 0 Å². The summed E-state index contributed by atoms with van der Waals surface area (Å²) >= 11 is 0. The van der Waals surface area contributed by atoms with Gasteiger partial charge in [-0.3, -0.25) is 0 Å². The lowest BCUT2D eigenvalue weighted by molar-refractivity contribution is 0.753. The smallest absolute Gasteiger partial charge is 0.131 e. The van der Waals surface area contributed by atoms with Gasteiger partial charge in [0.1, 0.15) is 5.82 Å². The van der Waals surface area contributed by atoms with Crippen molar-refractivity contribution in [1.29, 1.82) is 0 Å². The van der Waals surface area contributed by atoms with Gasteiger partial charge < -0.3 is 10.6 Å². The molecular formula is C16H20N4. The van der Waals surface area contributed by atoms with Crippen molar-refractivity contribution in [2.75, 3.05) is 11.4 Å². The van der Waals surface area contributed by atoms with Gasteiger partial charge in [-0.25, -0.2) is 9.97 Å². The Bertz CT molecular complexity index is 622. The first-order valence-corrected chi connectivity index (χ1v) is 7.12. The van der Waals surface area contributed by atoms with Crippen LogP contribution >= 0.6 is 0 Å². The average Bonchev–Trinajstić information content (AvgIpc) is 2.90. The van der Waals surface area contributed by atoms with E-state index in [2.05, 4.69) is 53.0 Å². The molecule has 0 bridgehead atoms. The normalized spacial score (nSPS) is 13.9. The maximum atomic E-state index is 5.89. The Morgan fingerprint density at radius 2 is 2.05 bits per heavy atom. The second-order valence-electron chi connectivity index (χ2n) is 5.45. The predicted molar refractivity (Wildman–Crippen MR) is 81.2 cm³/mol. The van der Waals surface area contributed by atoms with Gasteiger partial charge in [-0.1, -0.05) is 32.0 Å². The molecule has 104 valence electrons. The van der Waals surface area contributed by atoms with Gasteiger partial charge in [-0.05, 0) is 18.1 Å². The molecule has 2 aromatic rings. The minimum absolute atomic E-state index is 0.320. The van der Waals surface area contributed by atoms with Crippen molar-refractivity contribution in [3.05, 3.63) is 47.5 Å². The molecule has 1 aliphatic heterocycles. The minimum Gasteiger partial charge on any atom is -0.338 e. The lowest BCUT2D eigenvalue weighted by Crippen LogP contribution is -2.19. The molecule has 4 nitrogen and oxygen atoms in total. The zero-order valence-electron chi connectivity index (χ0n) is 12.0. The van der Waals surface area contributed by atoms with Crippen LogP contribution in [0.3, 0.4) is 0 Å². The summed E-state index contributed by atoms with van der Waals surface area (Å²) in [6.45, 7) is 5.61. The quantitative estimate of drug-likeness (QED) is 0.930. The van der Waals surface area contributed by atoms with E-state index in [9.17, 15) is 0 Å². The Morgan fingerprint density at radius 1 is 1.25 bits per heavy atom. The van der Waals surface area contributed by atoms with Crippen LogP contribution in [0.4, 0.5) is 11.4 Å². The summed E-state index contributed by atoms with van der Waals surface area (Å²) in [5.41, 5.74) is 10.5. The van der Waals surface area contributed by atoms with Crippen LogP contribution in [0.5, 0.6) is 0 Å². The molecular weight excluding hydrogens is 248 g/mol. The summed E-state index contributed by atoms with van der Waals surface area (Å²) in [5.74, 6) is 1.18. The van der Waals surface area contributed by atoms with Gasteiger partial charge in [0.2, 0.25) is 0 Å². The molecule has 0 saturated heterocycles. The lowest BCUT2D eigenvalue weighted by atomic mass is 10.1. The molecule has 1 aliphatic rings. The number of rotatable bonds is 3. The van der Waals surface area contributed by atoms with E-state index in [-0.39, 0.29) is 0 Å². The van der Waals surface area contributed by atoms with Crippen molar-refractivity contribution in [2.45, 2.75) is 32.7 Å². The highest BCUT2D eigenvalue weighted by molar-refractivity contribution is 5.70. The van der Waals surface area contributed by atoms with Gasteiger partial charge >= 0.3 is 0 Å². The third kappa shape index (κ3) is 2.16. The number of anilines is 2. The van der Waals surface area contributed by atoms with Crippen LogP contribution in [-0.4, -0.2) is 16.5 Å². The molecule has 20 heavy (non-hydrogen) atoms. The third-order valence-electron chi connectivity index (χ3n) is 3.75. The Morgan fingerprint density at radius 3 is 2.80 bits per heavy atom. The predicted octanol–water partition coefficient (Wildman–Crippen LogP) is 2.75. The van der Waals surface area contributed by atoms with Crippen molar-refractivity contribution in [3.8, 4) is 0 Å². The molecule has 0 fully saturated rings. The molecule has 0 radical (unpaired) electrons. The van der Waals surface area contributed by atoms with Crippen LogP contribution in [0.25, 0.3) is 0 Å². The van der Waals surface area contributed by atoms with Gasteiger partial charge in [0, 0.05) is 24.7 Å². The number of nitrogens with two attached hydrogens (primary N) is 1. The summed E-state index contributed by atoms with van der Waals surface area (Å²) in [4.78, 5) is 11.4. The Balaban J connectivity index is 2.03. The van der Waals surface area contributed by atoms with Gasteiger partial charge in [-0.15, -0.1) is 0 Å². The fraction of sp³-hybridized carbons (Fsp3) is 0.375. The highest BCUT2D eigenvalue weighted by atomic mass is 15.2. The number of fused-ring (bicyclic) bond motifs is 1. The van der Waals surface area contributed by atoms with Gasteiger partial charge in [-0.2, -0.15) is 0 Å². The van der Waals surface area contributed by atoms with Crippen molar-refractivity contribution >= 4 is 11.4 Å². The second kappa shape index (κ2) is 5.21. The van der Waals surface area contributed by atoms with Gasteiger partial charge in [0.25, 0.3) is 0 Å². The first-order valence-electron chi connectivity index (χ1n) is 7.12. The zero-order chi connectivity index (χ0) is 14.1. The molecule has 3 rings (SSSR count). The first-order chi connectivity index (χ1) is 9.70. The monoisotopic (exact) mass is 268 g/mol. The van der Waals surface area contributed by atoms with Crippen LogP contribution in [-0.2, 0) is 13.0 Å². The maximum Gasteiger partial charge on any atom is 0.131 e. The number of hydrogen-bond acceptors (Lipinski definition) is 4. The van der Waals surface area contributed by atoms with E-state index in [1.54, 1.807) is 0 Å². The fourth-order valence-corrected chi connectivity index (χ4v) is 2.67. The molecule has 0 saturated carbocycles.